The van der Waals surface area contributed by atoms with Crippen LogP contribution in [-0.4, -0.2) is 62.2 Å². The van der Waals surface area contributed by atoms with Crippen LogP contribution in [-0.2, 0) is 11.3 Å². The summed E-state index contributed by atoms with van der Waals surface area (Å²) in [6.45, 7) is 5.28. The number of piperazine rings is 1. The number of hydrogen-bond acceptors (Lipinski definition) is 6. The summed E-state index contributed by atoms with van der Waals surface area (Å²) >= 11 is 1.78. The molecule has 1 amide bonds. The maximum Gasteiger partial charge on any atom is 0.246 e. The molecular formula is C21H24N2O4S. The SMILES string of the molecule is COc1cc(/C=C/C(=O)N2CCN(Cc3cccs3)CC2)cc2c1OCCO2. The number of carbonyl (C=O) groups excluding carboxylic acids is 1. The molecule has 0 atom stereocenters. The van der Waals surface area contributed by atoms with E-state index in [1.165, 1.54) is 4.88 Å². The third kappa shape index (κ3) is 4.31. The molecule has 0 N–H and O–H groups in total. The van der Waals surface area contributed by atoms with Gasteiger partial charge >= 0.3 is 0 Å². The molecule has 7 heteroatoms. The van der Waals surface area contributed by atoms with Gasteiger partial charge in [-0.1, -0.05) is 6.07 Å². The van der Waals surface area contributed by atoms with Gasteiger partial charge in [0.15, 0.2) is 11.5 Å². The van der Waals surface area contributed by atoms with E-state index in [9.17, 15) is 4.79 Å². The van der Waals surface area contributed by atoms with E-state index >= 15 is 0 Å². The van der Waals surface area contributed by atoms with Crippen LogP contribution in [0.25, 0.3) is 6.08 Å². The van der Waals surface area contributed by atoms with Crippen LogP contribution in [0, 0.1) is 0 Å². The summed E-state index contributed by atoms with van der Waals surface area (Å²) in [5, 5.41) is 2.10. The molecular weight excluding hydrogens is 376 g/mol. The monoisotopic (exact) mass is 400 g/mol. The molecule has 1 saturated heterocycles. The Hall–Kier alpha value is -2.51. The second-order valence-electron chi connectivity index (χ2n) is 6.76. The number of thiophene rings is 1. The van der Waals surface area contributed by atoms with E-state index in [-0.39, 0.29) is 5.91 Å². The average Bonchev–Trinajstić information content (AvgIpc) is 3.25. The molecule has 1 fully saturated rings. The second kappa shape index (κ2) is 8.67. The van der Waals surface area contributed by atoms with Crippen LogP contribution in [0.15, 0.2) is 35.7 Å². The van der Waals surface area contributed by atoms with Crippen molar-refractivity contribution in [2.75, 3.05) is 46.5 Å². The van der Waals surface area contributed by atoms with E-state index in [1.54, 1.807) is 30.6 Å². The molecule has 3 heterocycles. The summed E-state index contributed by atoms with van der Waals surface area (Å²) < 4.78 is 16.7. The number of amides is 1. The van der Waals surface area contributed by atoms with Gasteiger partial charge in [-0.2, -0.15) is 0 Å². The zero-order valence-corrected chi connectivity index (χ0v) is 16.7. The molecule has 0 radical (unpaired) electrons. The lowest BCUT2D eigenvalue weighted by Gasteiger charge is -2.34. The first-order valence-corrected chi connectivity index (χ1v) is 10.3. The van der Waals surface area contributed by atoms with Crippen molar-refractivity contribution in [2.45, 2.75) is 6.54 Å². The van der Waals surface area contributed by atoms with Gasteiger partial charge in [0.1, 0.15) is 13.2 Å². The summed E-state index contributed by atoms with van der Waals surface area (Å²) in [5.41, 5.74) is 0.853. The van der Waals surface area contributed by atoms with E-state index in [0.717, 1.165) is 38.3 Å². The molecule has 28 heavy (non-hydrogen) atoms. The van der Waals surface area contributed by atoms with Gasteiger partial charge in [0.05, 0.1) is 7.11 Å². The molecule has 6 nitrogen and oxygen atoms in total. The predicted octanol–water partition coefficient (Wildman–Crippen LogP) is 2.89. The first-order chi connectivity index (χ1) is 13.7. The van der Waals surface area contributed by atoms with Gasteiger partial charge in [-0.05, 0) is 35.2 Å². The number of ether oxygens (including phenoxy) is 3. The summed E-state index contributed by atoms with van der Waals surface area (Å²) in [6.07, 6.45) is 3.43. The highest BCUT2D eigenvalue weighted by molar-refractivity contribution is 7.09. The van der Waals surface area contributed by atoms with Gasteiger partial charge in [-0.15, -0.1) is 11.3 Å². The standard InChI is InChI=1S/C21H24N2O4S/c1-25-18-13-16(14-19-21(18)27-11-10-26-19)4-5-20(24)23-8-6-22(7-9-23)15-17-3-2-12-28-17/h2-5,12-14H,6-11,15H2,1H3/b5-4+. The topological polar surface area (TPSA) is 51.2 Å². The zero-order valence-electron chi connectivity index (χ0n) is 15.9. The van der Waals surface area contributed by atoms with Crippen LogP contribution in [0.3, 0.4) is 0 Å². The maximum absolute atomic E-state index is 12.6. The van der Waals surface area contributed by atoms with Crippen molar-refractivity contribution in [3.8, 4) is 17.2 Å². The molecule has 148 valence electrons. The number of nitrogens with zero attached hydrogens (tertiary/aromatic N) is 2. The second-order valence-corrected chi connectivity index (χ2v) is 7.79. The van der Waals surface area contributed by atoms with E-state index in [0.29, 0.717) is 30.5 Å². The van der Waals surface area contributed by atoms with E-state index in [4.69, 9.17) is 14.2 Å². The van der Waals surface area contributed by atoms with Crippen LogP contribution >= 0.6 is 11.3 Å². The van der Waals surface area contributed by atoms with Gasteiger partial charge in [0, 0.05) is 43.7 Å². The molecule has 0 aliphatic carbocycles. The van der Waals surface area contributed by atoms with Crippen molar-refractivity contribution in [3.63, 3.8) is 0 Å². The van der Waals surface area contributed by atoms with E-state index in [1.807, 2.05) is 17.0 Å². The number of hydrogen-bond donors (Lipinski definition) is 0. The highest BCUT2D eigenvalue weighted by atomic mass is 32.1. The Balaban J connectivity index is 1.35. The number of fused-ring (bicyclic) bond motifs is 1. The largest absolute Gasteiger partial charge is 0.493 e. The first kappa shape index (κ1) is 18.8. The third-order valence-electron chi connectivity index (χ3n) is 4.91. The number of carbonyl (C=O) groups is 1. The molecule has 2 aromatic rings. The van der Waals surface area contributed by atoms with Crippen molar-refractivity contribution in [3.05, 3.63) is 46.2 Å². The fourth-order valence-corrected chi connectivity index (χ4v) is 4.16. The molecule has 0 spiro atoms. The highest BCUT2D eigenvalue weighted by Gasteiger charge is 2.21. The van der Waals surface area contributed by atoms with Gasteiger partial charge in [-0.3, -0.25) is 9.69 Å². The van der Waals surface area contributed by atoms with Crippen molar-refractivity contribution >= 4 is 23.3 Å². The van der Waals surface area contributed by atoms with E-state index < -0.39 is 0 Å². The first-order valence-electron chi connectivity index (χ1n) is 9.42. The van der Waals surface area contributed by atoms with Crippen LogP contribution in [0.1, 0.15) is 10.4 Å². The summed E-state index contributed by atoms with van der Waals surface area (Å²) in [6, 6.07) is 7.97. The minimum atomic E-state index is 0.0321. The molecule has 2 aliphatic rings. The normalized spacial score (nSPS) is 17.1. The summed E-state index contributed by atoms with van der Waals surface area (Å²) in [7, 11) is 1.60. The Morgan fingerprint density at radius 3 is 2.79 bits per heavy atom. The lowest BCUT2D eigenvalue weighted by molar-refractivity contribution is -0.127. The Morgan fingerprint density at radius 2 is 2.04 bits per heavy atom. The molecule has 1 aromatic heterocycles. The Morgan fingerprint density at radius 1 is 1.21 bits per heavy atom. The molecule has 0 bridgehead atoms. The fraction of sp³-hybridized carbons (Fsp3) is 0.381. The minimum Gasteiger partial charge on any atom is -0.493 e. The third-order valence-corrected chi connectivity index (χ3v) is 5.77. The average molecular weight is 401 g/mol. The molecule has 0 saturated carbocycles. The summed E-state index contributed by atoms with van der Waals surface area (Å²) in [5.74, 6) is 1.93. The van der Waals surface area contributed by atoms with E-state index in [2.05, 4.69) is 22.4 Å². The Labute approximate surface area is 168 Å². The van der Waals surface area contributed by atoms with Gasteiger partial charge in [0.25, 0.3) is 0 Å². The van der Waals surface area contributed by atoms with Crippen molar-refractivity contribution in [1.29, 1.82) is 0 Å². The smallest absolute Gasteiger partial charge is 0.246 e. The van der Waals surface area contributed by atoms with Crippen LogP contribution in [0.5, 0.6) is 17.2 Å². The molecule has 2 aliphatic heterocycles. The van der Waals surface area contributed by atoms with Crippen LogP contribution < -0.4 is 14.2 Å². The Bertz CT molecular complexity index is 825. The van der Waals surface area contributed by atoms with Gasteiger partial charge < -0.3 is 19.1 Å². The minimum absolute atomic E-state index is 0.0321. The van der Waals surface area contributed by atoms with Crippen molar-refractivity contribution in [2.24, 2.45) is 0 Å². The molecule has 4 rings (SSSR count). The van der Waals surface area contributed by atoms with Crippen LogP contribution in [0.2, 0.25) is 0 Å². The molecule has 1 aromatic carbocycles. The van der Waals surface area contributed by atoms with Crippen molar-refractivity contribution in [1.82, 2.24) is 9.80 Å². The fourth-order valence-electron chi connectivity index (χ4n) is 3.41. The van der Waals surface area contributed by atoms with Gasteiger partial charge in [0.2, 0.25) is 11.7 Å². The summed E-state index contributed by atoms with van der Waals surface area (Å²) in [4.78, 5) is 18.2. The Kier molecular flexibility index (Phi) is 5.83. The van der Waals surface area contributed by atoms with Gasteiger partial charge in [-0.25, -0.2) is 0 Å². The lowest BCUT2D eigenvalue weighted by atomic mass is 10.1. The zero-order chi connectivity index (χ0) is 19.3. The molecule has 0 unspecified atom stereocenters. The lowest BCUT2D eigenvalue weighted by Crippen LogP contribution is -2.47. The quantitative estimate of drug-likeness (QED) is 0.723. The highest BCUT2D eigenvalue weighted by Crippen LogP contribution is 2.40. The number of methoxy groups -OCH3 is 1. The van der Waals surface area contributed by atoms with Crippen LogP contribution in [0.4, 0.5) is 0 Å². The number of benzene rings is 1. The predicted molar refractivity (Wildman–Crippen MR) is 109 cm³/mol. The van der Waals surface area contributed by atoms with Crippen molar-refractivity contribution < 1.29 is 19.0 Å². The number of rotatable bonds is 5. The maximum atomic E-state index is 12.6.